The van der Waals surface area contributed by atoms with E-state index in [0.717, 1.165) is 15.6 Å². The van der Waals surface area contributed by atoms with E-state index in [9.17, 15) is 19.8 Å². The molecule has 1 amide bonds. The predicted octanol–water partition coefficient (Wildman–Crippen LogP) is 3.42. The molecule has 1 aliphatic heterocycles. The van der Waals surface area contributed by atoms with Gasteiger partial charge in [0.05, 0.1) is 11.5 Å². The lowest BCUT2D eigenvalue weighted by molar-refractivity contribution is -0.149. The van der Waals surface area contributed by atoms with Gasteiger partial charge in [0.15, 0.2) is 6.10 Å². The molecule has 1 unspecified atom stereocenters. The predicted molar refractivity (Wildman–Crippen MR) is 119 cm³/mol. The van der Waals surface area contributed by atoms with Crippen LogP contribution in [0.5, 0.6) is 0 Å². The number of rotatable bonds is 6. The normalized spacial score (nSPS) is 19.0. The highest BCUT2D eigenvalue weighted by Gasteiger charge is 2.43. The Bertz CT molecular complexity index is 876. The molecule has 1 fully saturated rings. The fourth-order valence-electron chi connectivity index (χ4n) is 4.28. The number of hydrogen-bond acceptors (Lipinski definition) is 4. The molecule has 0 radical (unpaired) electrons. The average Bonchev–Trinajstić information content (AvgIpc) is 2.78. The highest BCUT2D eigenvalue weighted by Crippen LogP contribution is 2.37. The van der Waals surface area contributed by atoms with Crippen LogP contribution in [-0.4, -0.2) is 52.1 Å². The van der Waals surface area contributed by atoms with Crippen LogP contribution in [0.25, 0.3) is 0 Å². The Morgan fingerprint density at radius 1 is 1.00 bits per heavy atom. The first-order valence-electron chi connectivity index (χ1n) is 10.2. The number of likely N-dealkylation sites (tertiary alicyclic amines) is 1. The van der Waals surface area contributed by atoms with Crippen molar-refractivity contribution in [3.8, 4) is 0 Å². The third-order valence-corrected chi connectivity index (χ3v) is 6.94. The number of hydrogen-bond donors (Lipinski definition) is 2. The van der Waals surface area contributed by atoms with Crippen molar-refractivity contribution in [2.45, 2.75) is 50.2 Å². The number of aliphatic hydroxyl groups excluding tert-OH is 2. The van der Waals surface area contributed by atoms with Crippen LogP contribution < -0.4 is 0 Å². The number of nitrogens with zero attached hydrogens (tertiary/aromatic N) is 1. The third-order valence-electron chi connectivity index (χ3n) is 6.41. The zero-order valence-corrected chi connectivity index (χ0v) is 18.9. The zero-order valence-electron chi connectivity index (χ0n) is 17.3. The van der Waals surface area contributed by atoms with Crippen LogP contribution >= 0.6 is 15.9 Å². The van der Waals surface area contributed by atoms with E-state index in [0.29, 0.717) is 25.9 Å². The molecule has 30 heavy (non-hydrogen) atoms. The summed E-state index contributed by atoms with van der Waals surface area (Å²) in [5.74, 6) is -0.801. The lowest BCUT2D eigenvalue weighted by Crippen LogP contribution is -2.53. The second kappa shape index (κ2) is 9.41. The first-order chi connectivity index (χ1) is 14.3. The van der Waals surface area contributed by atoms with Crippen molar-refractivity contribution in [3.63, 3.8) is 0 Å². The molecule has 0 saturated carbocycles. The maximum Gasteiger partial charge on any atom is 0.254 e. The number of halogens is 1. The number of ketones is 1. The maximum absolute atomic E-state index is 12.9. The van der Waals surface area contributed by atoms with Gasteiger partial charge in [-0.2, -0.15) is 0 Å². The molecule has 0 bridgehead atoms. The summed E-state index contributed by atoms with van der Waals surface area (Å²) in [6, 6.07) is 17.1. The monoisotopic (exact) mass is 473 g/mol. The van der Waals surface area contributed by atoms with E-state index in [4.69, 9.17) is 0 Å². The van der Waals surface area contributed by atoms with Crippen molar-refractivity contribution >= 4 is 27.6 Å². The van der Waals surface area contributed by atoms with Crippen LogP contribution in [0.4, 0.5) is 0 Å². The molecule has 6 heteroatoms. The van der Waals surface area contributed by atoms with Gasteiger partial charge in [0.1, 0.15) is 5.78 Å². The highest BCUT2D eigenvalue weighted by molar-refractivity contribution is 9.10. The van der Waals surface area contributed by atoms with Crippen LogP contribution in [0.2, 0.25) is 0 Å². The number of carbonyl (C=O) groups excluding carboxylic acids is 2. The van der Waals surface area contributed by atoms with Crippen LogP contribution in [0.15, 0.2) is 59.1 Å². The summed E-state index contributed by atoms with van der Waals surface area (Å²) >= 11 is 3.38. The summed E-state index contributed by atoms with van der Waals surface area (Å²) in [6.07, 6.45) is -1.72. The van der Waals surface area contributed by atoms with E-state index >= 15 is 0 Å². The van der Waals surface area contributed by atoms with Crippen LogP contribution in [0.1, 0.15) is 43.7 Å². The highest BCUT2D eigenvalue weighted by atomic mass is 79.9. The minimum Gasteiger partial charge on any atom is -0.389 e. The largest absolute Gasteiger partial charge is 0.389 e. The van der Waals surface area contributed by atoms with Gasteiger partial charge in [-0.05, 0) is 43.0 Å². The van der Waals surface area contributed by atoms with Gasteiger partial charge in [0, 0.05) is 23.5 Å². The first-order valence-corrected chi connectivity index (χ1v) is 11.0. The molecule has 3 rings (SSSR count). The first kappa shape index (κ1) is 22.7. The molecule has 160 valence electrons. The molecule has 1 heterocycles. The number of aliphatic hydroxyl groups is 2. The molecule has 0 aromatic heterocycles. The second-order valence-electron chi connectivity index (χ2n) is 8.11. The van der Waals surface area contributed by atoms with Gasteiger partial charge in [-0.25, -0.2) is 0 Å². The minimum atomic E-state index is -1.51. The topological polar surface area (TPSA) is 77.8 Å². The number of benzene rings is 2. The Balaban J connectivity index is 1.68. The van der Waals surface area contributed by atoms with Gasteiger partial charge in [-0.1, -0.05) is 65.3 Å². The van der Waals surface area contributed by atoms with Crippen molar-refractivity contribution < 1.29 is 19.8 Å². The molecule has 2 aromatic carbocycles. The maximum atomic E-state index is 12.9. The van der Waals surface area contributed by atoms with E-state index in [2.05, 4.69) is 15.9 Å². The Labute approximate surface area is 185 Å². The van der Waals surface area contributed by atoms with Gasteiger partial charge in [-0.3, -0.25) is 9.59 Å². The number of piperidine rings is 1. The van der Waals surface area contributed by atoms with Gasteiger partial charge >= 0.3 is 0 Å². The number of Topliss-reactive ketones (excluding diaryl/α,β-unsaturated/α-hetero) is 1. The lowest BCUT2D eigenvalue weighted by Gasteiger charge is -2.41. The molecule has 2 N–H and O–H groups in total. The van der Waals surface area contributed by atoms with Gasteiger partial charge in [0.2, 0.25) is 0 Å². The van der Waals surface area contributed by atoms with E-state index < -0.39 is 29.4 Å². The van der Waals surface area contributed by atoms with Crippen molar-refractivity contribution in [3.05, 3.63) is 70.2 Å². The number of carbonyl (C=O) groups is 2. The quantitative estimate of drug-likeness (QED) is 0.673. The van der Waals surface area contributed by atoms with Crippen LogP contribution in [0.3, 0.4) is 0 Å². The van der Waals surface area contributed by atoms with Crippen molar-refractivity contribution in [2.75, 3.05) is 13.1 Å². The van der Waals surface area contributed by atoms with Crippen LogP contribution in [-0.2, 0) is 15.0 Å². The van der Waals surface area contributed by atoms with Crippen molar-refractivity contribution in [1.82, 2.24) is 4.90 Å². The molecular formula is C24H28BrNO4. The Morgan fingerprint density at radius 3 is 2.10 bits per heavy atom. The number of amides is 1. The molecule has 2 aromatic rings. The van der Waals surface area contributed by atoms with E-state index in [1.54, 1.807) is 18.7 Å². The van der Waals surface area contributed by atoms with E-state index in [1.807, 2.05) is 54.6 Å². The van der Waals surface area contributed by atoms with Gasteiger partial charge in [0.25, 0.3) is 5.91 Å². The summed E-state index contributed by atoms with van der Waals surface area (Å²) in [5, 5.41) is 21.2. The van der Waals surface area contributed by atoms with Gasteiger partial charge in [-0.15, -0.1) is 0 Å². The standard InChI is InChI=1S/C24H28BrNO4/c1-16(18-8-10-20(25)11-9-18)21(28)22(29)23(30)26-14-12-24(13-15-26,17(2)27)19-6-4-3-5-7-19/h3-11,16,21-22,28-29H,12-15H2,1-2H3/t16-,21?,22+/m0/s1. The molecule has 0 aliphatic carbocycles. The summed E-state index contributed by atoms with van der Waals surface area (Å²) in [4.78, 5) is 26.9. The second-order valence-corrected chi connectivity index (χ2v) is 9.02. The van der Waals surface area contributed by atoms with Crippen LogP contribution in [0, 0.1) is 0 Å². The minimum absolute atomic E-state index is 0.0882. The Kier molecular flexibility index (Phi) is 7.11. The van der Waals surface area contributed by atoms with Crippen molar-refractivity contribution in [1.29, 1.82) is 0 Å². The van der Waals surface area contributed by atoms with E-state index in [-0.39, 0.29) is 5.78 Å². The van der Waals surface area contributed by atoms with Crippen molar-refractivity contribution in [2.24, 2.45) is 0 Å². The summed E-state index contributed by atoms with van der Waals surface area (Å²) in [5.41, 5.74) is 1.21. The van der Waals surface area contributed by atoms with Gasteiger partial charge < -0.3 is 15.1 Å². The summed E-state index contributed by atoms with van der Waals surface area (Å²) < 4.78 is 0.922. The average molecular weight is 474 g/mol. The molecular weight excluding hydrogens is 446 g/mol. The fraction of sp³-hybridized carbons (Fsp3) is 0.417. The zero-order chi connectivity index (χ0) is 21.9. The molecule has 5 nitrogen and oxygen atoms in total. The fourth-order valence-corrected chi connectivity index (χ4v) is 4.54. The molecule has 0 spiro atoms. The summed E-state index contributed by atoms with van der Waals surface area (Å²) in [6.45, 7) is 4.12. The Morgan fingerprint density at radius 2 is 1.57 bits per heavy atom. The smallest absolute Gasteiger partial charge is 0.254 e. The summed E-state index contributed by atoms with van der Waals surface area (Å²) in [7, 11) is 0. The van der Waals surface area contributed by atoms with E-state index in [1.165, 1.54) is 0 Å². The Hall–Kier alpha value is -2.02. The molecule has 1 saturated heterocycles. The third kappa shape index (κ3) is 4.51. The molecule has 1 aliphatic rings. The SMILES string of the molecule is CC(=O)C1(c2ccccc2)CCN(C(=O)[C@H](O)C(O)[C@@H](C)c2ccc(Br)cc2)CC1. The lowest BCUT2D eigenvalue weighted by atomic mass is 9.70. The molecule has 3 atom stereocenters.